The summed E-state index contributed by atoms with van der Waals surface area (Å²) in [5, 5.41) is 0. The van der Waals surface area contributed by atoms with Crippen molar-refractivity contribution in [3.63, 3.8) is 0 Å². The van der Waals surface area contributed by atoms with Crippen LogP contribution in [0, 0.1) is 5.41 Å². The van der Waals surface area contributed by atoms with Crippen LogP contribution in [-0.2, 0) is 14.4 Å². The number of nitrogens with two attached hydrogens (primary N) is 3. The fourth-order valence-corrected chi connectivity index (χ4v) is 2.49. The Morgan fingerprint density at radius 2 is 1.00 bits per heavy atom. The molecule has 0 aliphatic rings. The number of carbonyl (C=O) groups is 3. The minimum Gasteiger partial charge on any atom is -0.330 e. The molecule has 0 fully saturated rings. The molecular weight excluding hydrogens is 270 g/mol. The molecule has 0 heterocycles. The van der Waals surface area contributed by atoms with Gasteiger partial charge in [0.25, 0.3) is 0 Å². The average Bonchev–Trinajstić information content (AvgIpc) is 2.49. The highest BCUT2D eigenvalue weighted by atomic mass is 16.2. The third kappa shape index (κ3) is 5.30. The first-order valence-electron chi connectivity index (χ1n) is 7.71. The molecule has 0 aromatic rings. The van der Waals surface area contributed by atoms with Gasteiger partial charge < -0.3 is 17.2 Å². The van der Waals surface area contributed by atoms with Crippen LogP contribution in [-0.4, -0.2) is 37.0 Å². The summed E-state index contributed by atoms with van der Waals surface area (Å²) in [5.74, 6) is -0.918. The van der Waals surface area contributed by atoms with Crippen LogP contribution in [0.1, 0.15) is 51.9 Å². The summed E-state index contributed by atoms with van der Waals surface area (Å²) in [4.78, 5) is 37.5. The summed E-state index contributed by atoms with van der Waals surface area (Å²) in [6.45, 7) is 2.79. The van der Waals surface area contributed by atoms with Crippen LogP contribution in [0.25, 0.3) is 0 Å². The molecule has 0 unspecified atom stereocenters. The maximum atomic E-state index is 12.5. The number of rotatable bonds is 13. The van der Waals surface area contributed by atoms with Gasteiger partial charge in [0.05, 0.1) is 0 Å². The predicted octanol–water partition coefficient (Wildman–Crippen LogP) is 0.307. The quantitative estimate of drug-likeness (QED) is 0.420. The molecule has 0 aromatic heterocycles. The van der Waals surface area contributed by atoms with E-state index in [-0.39, 0.29) is 43.0 Å². The van der Waals surface area contributed by atoms with E-state index < -0.39 is 5.41 Å². The number of carbonyl (C=O) groups excluding carboxylic acids is 3. The molecule has 6 heteroatoms. The van der Waals surface area contributed by atoms with E-state index in [1.54, 1.807) is 6.92 Å². The molecule has 122 valence electrons. The molecule has 0 saturated heterocycles. The Morgan fingerprint density at radius 3 is 1.19 bits per heavy atom. The lowest BCUT2D eigenvalue weighted by Gasteiger charge is -2.28. The van der Waals surface area contributed by atoms with E-state index in [4.69, 9.17) is 17.2 Å². The molecule has 21 heavy (non-hydrogen) atoms. The second-order valence-corrected chi connectivity index (χ2v) is 5.21. The molecule has 6 nitrogen and oxygen atoms in total. The summed E-state index contributed by atoms with van der Waals surface area (Å²) in [6, 6.07) is 0. The fourth-order valence-electron chi connectivity index (χ4n) is 2.49. The second kappa shape index (κ2) is 10.6. The Bertz CT molecular complexity index is 306. The second-order valence-electron chi connectivity index (χ2n) is 5.21. The zero-order valence-corrected chi connectivity index (χ0v) is 13.0. The molecule has 0 aromatic carbocycles. The highest BCUT2D eigenvalue weighted by Crippen LogP contribution is 2.32. The van der Waals surface area contributed by atoms with Crippen LogP contribution in [0.4, 0.5) is 0 Å². The smallest absolute Gasteiger partial charge is 0.153 e. The molecule has 0 atom stereocenters. The SMILES string of the molecule is CCC(C(=O)CCCN)(C(=O)CCCN)C(=O)CCCN. The van der Waals surface area contributed by atoms with Crippen molar-refractivity contribution in [3.05, 3.63) is 0 Å². The number of hydrogen-bond acceptors (Lipinski definition) is 6. The van der Waals surface area contributed by atoms with Gasteiger partial charge in [-0.15, -0.1) is 0 Å². The zero-order chi connectivity index (χ0) is 16.3. The van der Waals surface area contributed by atoms with Gasteiger partial charge in [-0.3, -0.25) is 14.4 Å². The Kier molecular flexibility index (Phi) is 10.0. The zero-order valence-electron chi connectivity index (χ0n) is 13.0. The Morgan fingerprint density at radius 1 is 0.714 bits per heavy atom. The minimum absolute atomic E-state index is 0.160. The van der Waals surface area contributed by atoms with E-state index >= 15 is 0 Å². The van der Waals surface area contributed by atoms with Gasteiger partial charge >= 0.3 is 0 Å². The largest absolute Gasteiger partial charge is 0.330 e. The molecule has 0 saturated carbocycles. The Labute approximate surface area is 126 Å². The first-order chi connectivity index (χ1) is 10.0. The number of hydrogen-bond donors (Lipinski definition) is 3. The van der Waals surface area contributed by atoms with Crippen molar-refractivity contribution in [3.8, 4) is 0 Å². The first-order valence-corrected chi connectivity index (χ1v) is 7.71. The molecule has 0 radical (unpaired) electrons. The van der Waals surface area contributed by atoms with Crippen molar-refractivity contribution >= 4 is 17.3 Å². The maximum absolute atomic E-state index is 12.5. The van der Waals surface area contributed by atoms with E-state index in [1.165, 1.54) is 0 Å². The Hall–Kier alpha value is -1.11. The summed E-state index contributed by atoms with van der Waals surface area (Å²) in [5.41, 5.74) is 14.7. The average molecular weight is 299 g/mol. The van der Waals surface area contributed by atoms with Gasteiger partial charge in [0, 0.05) is 19.3 Å². The monoisotopic (exact) mass is 299 g/mol. The van der Waals surface area contributed by atoms with Gasteiger partial charge in [0.2, 0.25) is 0 Å². The van der Waals surface area contributed by atoms with Crippen molar-refractivity contribution in [2.24, 2.45) is 22.6 Å². The van der Waals surface area contributed by atoms with E-state index in [0.717, 1.165) is 0 Å². The molecule has 0 rings (SSSR count). The molecule has 6 N–H and O–H groups in total. The molecular formula is C15H29N3O3. The van der Waals surface area contributed by atoms with Gasteiger partial charge in [-0.25, -0.2) is 0 Å². The lowest BCUT2D eigenvalue weighted by molar-refractivity contribution is -0.149. The normalized spacial score (nSPS) is 11.4. The minimum atomic E-state index is -1.51. The van der Waals surface area contributed by atoms with Crippen LogP contribution in [0.15, 0.2) is 0 Å². The Balaban J connectivity index is 5.30. The number of ketones is 3. The van der Waals surface area contributed by atoms with Gasteiger partial charge in [-0.1, -0.05) is 6.92 Å². The van der Waals surface area contributed by atoms with Crippen molar-refractivity contribution in [1.29, 1.82) is 0 Å². The van der Waals surface area contributed by atoms with Crippen molar-refractivity contribution in [2.75, 3.05) is 19.6 Å². The summed E-state index contributed by atoms with van der Waals surface area (Å²) in [6.07, 6.45) is 2.12. The molecule has 0 aliphatic heterocycles. The van der Waals surface area contributed by atoms with Crippen LogP contribution < -0.4 is 17.2 Å². The fraction of sp³-hybridized carbons (Fsp3) is 0.800. The van der Waals surface area contributed by atoms with E-state index in [1.807, 2.05) is 0 Å². The summed E-state index contributed by atoms with van der Waals surface area (Å²) < 4.78 is 0. The highest BCUT2D eigenvalue weighted by molar-refractivity contribution is 6.24. The van der Waals surface area contributed by atoms with Crippen molar-refractivity contribution in [2.45, 2.75) is 51.9 Å². The predicted molar refractivity (Wildman–Crippen MR) is 82.6 cm³/mol. The lowest BCUT2D eigenvalue weighted by Crippen LogP contribution is -2.46. The van der Waals surface area contributed by atoms with Crippen LogP contribution in [0.5, 0.6) is 0 Å². The van der Waals surface area contributed by atoms with Crippen LogP contribution >= 0.6 is 0 Å². The first kappa shape index (κ1) is 19.9. The lowest BCUT2D eigenvalue weighted by atomic mass is 9.69. The van der Waals surface area contributed by atoms with E-state index in [9.17, 15) is 14.4 Å². The van der Waals surface area contributed by atoms with E-state index in [0.29, 0.717) is 38.9 Å². The van der Waals surface area contributed by atoms with Gasteiger partial charge in [0.15, 0.2) is 17.3 Å². The van der Waals surface area contributed by atoms with Gasteiger partial charge in [0.1, 0.15) is 5.41 Å². The van der Waals surface area contributed by atoms with Crippen molar-refractivity contribution < 1.29 is 14.4 Å². The standard InChI is InChI=1S/C15H29N3O3/c1-2-15(12(19)6-3-9-16,13(20)7-4-10-17)14(21)8-5-11-18/h2-11,16-18H2,1H3. The maximum Gasteiger partial charge on any atom is 0.153 e. The summed E-state index contributed by atoms with van der Waals surface area (Å²) >= 11 is 0. The topological polar surface area (TPSA) is 129 Å². The number of Topliss-reactive ketones (excluding diaryl/α,β-unsaturated/α-hetero) is 3. The van der Waals surface area contributed by atoms with Gasteiger partial charge in [-0.2, -0.15) is 0 Å². The highest BCUT2D eigenvalue weighted by Gasteiger charge is 2.48. The molecule has 0 amide bonds. The van der Waals surface area contributed by atoms with Gasteiger partial charge in [-0.05, 0) is 45.3 Å². The molecule has 0 aliphatic carbocycles. The third-order valence-corrected chi connectivity index (χ3v) is 3.78. The van der Waals surface area contributed by atoms with E-state index in [2.05, 4.69) is 0 Å². The summed E-state index contributed by atoms with van der Waals surface area (Å²) in [7, 11) is 0. The van der Waals surface area contributed by atoms with Crippen LogP contribution in [0.3, 0.4) is 0 Å². The third-order valence-electron chi connectivity index (χ3n) is 3.78. The molecule has 0 bridgehead atoms. The molecule has 0 spiro atoms. The van der Waals surface area contributed by atoms with Crippen molar-refractivity contribution in [1.82, 2.24) is 0 Å². The van der Waals surface area contributed by atoms with Crippen LogP contribution in [0.2, 0.25) is 0 Å².